The number of rotatable bonds is 7. The molecule has 0 spiro atoms. The number of aromatic carboxylic acids is 1. The number of hydrogen-bond donors (Lipinski definition) is 2. The van der Waals surface area contributed by atoms with E-state index in [4.69, 9.17) is 16.3 Å². The molecule has 31 heavy (non-hydrogen) atoms. The van der Waals surface area contributed by atoms with E-state index in [1.165, 1.54) is 5.56 Å². The molecule has 4 nitrogen and oxygen atoms in total. The van der Waals surface area contributed by atoms with Crippen molar-refractivity contribution in [3.63, 3.8) is 0 Å². The fourth-order valence-electron chi connectivity index (χ4n) is 3.55. The zero-order valence-corrected chi connectivity index (χ0v) is 17.8. The summed E-state index contributed by atoms with van der Waals surface area (Å²) in [7, 11) is 0. The lowest BCUT2D eigenvalue weighted by molar-refractivity contribution is 0.0697. The summed E-state index contributed by atoms with van der Waals surface area (Å²) in [5.41, 5.74) is 4.09. The molecule has 0 heterocycles. The Labute approximate surface area is 186 Å². The van der Waals surface area contributed by atoms with Crippen LogP contribution in [0.2, 0.25) is 5.02 Å². The smallest absolute Gasteiger partial charge is 0.337 e. The fraction of sp³-hybridized carbons (Fsp3) is 0.115. The zero-order chi connectivity index (χ0) is 21.8. The van der Waals surface area contributed by atoms with Gasteiger partial charge in [0.15, 0.2) is 0 Å². The van der Waals surface area contributed by atoms with Crippen molar-refractivity contribution >= 4 is 34.0 Å². The van der Waals surface area contributed by atoms with Gasteiger partial charge in [-0.1, -0.05) is 66.2 Å². The number of halogens is 1. The Morgan fingerprint density at radius 3 is 2.58 bits per heavy atom. The monoisotopic (exact) mass is 431 g/mol. The minimum Gasteiger partial charge on any atom is -0.489 e. The summed E-state index contributed by atoms with van der Waals surface area (Å²) < 4.78 is 6.23. The molecule has 0 aliphatic carbocycles. The van der Waals surface area contributed by atoms with Crippen molar-refractivity contribution in [1.29, 1.82) is 0 Å². The molecule has 0 atom stereocenters. The van der Waals surface area contributed by atoms with Crippen molar-refractivity contribution < 1.29 is 14.6 Å². The van der Waals surface area contributed by atoms with Crippen LogP contribution in [0.4, 0.5) is 5.69 Å². The molecule has 0 bridgehead atoms. The highest BCUT2D eigenvalue weighted by molar-refractivity contribution is 6.33. The second kappa shape index (κ2) is 9.11. The lowest BCUT2D eigenvalue weighted by Gasteiger charge is -2.17. The van der Waals surface area contributed by atoms with Crippen LogP contribution in [0, 0.1) is 6.92 Å². The van der Waals surface area contributed by atoms with E-state index in [1.54, 1.807) is 18.2 Å². The van der Waals surface area contributed by atoms with E-state index in [9.17, 15) is 9.90 Å². The molecule has 0 aromatic heterocycles. The molecule has 2 N–H and O–H groups in total. The number of nitrogens with one attached hydrogen (secondary N) is 1. The van der Waals surface area contributed by atoms with E-state index in [0.29, 0.717) is 18.8 Å². The van der Waals surface area contributed by atoms with Gasteiger partial charge in [0.25, 0.3) is 0 Å². The highest BCUT2D eigenvalue weighted by Crippen LogP contribution is 2.30. The Morgan fingerprint density at radius 2 is 1.77 bits per heavy atom. The first-order valence-electron chi connectivity index (χ1n) is 9.97. The van der Waals surface area contributed by atoms with E-state index in [-0.39, 0.29) is 10.6 Å². The minimum atomic E-state index is -1.05. The number of ether oxygens (including phenoxy) is 1. The Kier molecular flexibility index (Phi) is 6.10. The third kappa shape index (κ3) is 4.65. The molecule has 0 amide bonds. The van der Waals surface area contributed by atoms with Gasteiger partial charge in [-0.25, -0.2) is 4.79 Å². The van der Waals surface area contributed by atoms with E-state index >= 15 is 0 Å². The highest BCUT2D eigenvalue weighted by atomic mass is 35.5. The predicted molar refractivity (Wildman–Crippen MR) is 125 cm³/mol. The average molecular weight is 432 g/mol. The van der Waals surface area contributed by atoms with E-state index in [0.717, 1.165) is 27.6 Å². The third-order valence-electron chi connectivity index (χ3n) is 5.31. The quantitative estimate of drug-likeness (QED) is 0.342. The van der Waals surface area contributed by atoms with Crippen molar-refractivity contribution in [2.24, 2.45) is 0 Å². The maximum atomic E-state index is 11.4. The molecule has 0 radical (unpaired) electrons. The van der Waals surface area contributed by atoms with E-state index in [2.05, 4.69) is 42.6 Å². The Bertz CT molecular complexity index is 1250. The van der Waals surface area contributed by atoms with Gasteiger partial charge in [0, 0.05) is 17.8 Å². The number of aryl methyl sites for hydroxylation is 1. The molecule has 0 saturated carbocycles. The van der Waals surface area contributed by atoms with Gasteiger partial charge < -0.3 is 15.2 Å². The van der Waals surface area contributed by atoms with Crippen LogP contribution in [0.25, 0.3) is 10.8 Å². The fourth-order valence-corrected chi connectivity index (χ4v) is 3.75. The summed E-state index contributed by atoms with van der Waals surface area (Å²) >= 11 is 6.00. The number of anilines is 1. The molecule has 0 aliphatic heterocycles. The predicted octanol–water partition coefficient (Wildman–Crippen LogP) is 6.69. The molecule has 0 aliphatic rings. The lowest BCUT2D eigenvalue weighted by Crippen LogP contribution is -2.06. The summed E-state index contributed by atoms with van der Waals surface area (Å²) in [6.07, 6.45) is 0. The van der Waals surface area contributed by atoms with Crippen molar-refractivity contribution in [2.45, 2.75) is 20.1 Å². The van der Waals surface area contributed by atoms with Crippen molar-refractivity contribution in [3.8, 4) is 5.75 Å². The van der Waals surface area contributed by atoms with Gasteiger partial charge in [-0.2, -0.15) is 0 Å². The minimum absolute atomic E-state index is 0.0700. The van der Waals surface area contributed by atoms with Crippen LogP contribution < -0.4 is 10.1 Å². The number of benzene rings is 4. The maximum Gasteiger partial charge on any atom is 0.337 e. The van der Waals surface area contributed by atoms with Crippen LogP contribution in [0.1, 0.15) is 27.0 Å². The van der Waals surface area contributed by atoms with Gasteiger partial charge in [0.2, 0.25) is 0 Å². The van der Waals surface area contributed by atoms with Gasteiger partial charge in [0.05, 0.1) is 10.6 Å². The summed E-state index contributed by atoms with van der Waals surface area (Å²) in [4.78, 5) is 11.4. The number of hydrogen-bond acceptors (Lipinski definition) is 3. The topological polar surface area (TPSA) is 58.6 Å². The Hall–Kier alpha value is -3.50. The van der Waals surface area contributed by atoms with E-state index < -0.39 is 5.97 Å². The molecule has 0 saturated heterocycles. The molecular formula is C26H22ClNO3. The highest BCUT2D eigenvalue weighted by Gasteiger charge is 2.12. The second-order valence-electron chi connectivity index (χ2n) is 7.33. The van der Waals surface area contributed by atoms with Crippen molar-refractivity contribution in [2.75, 3.05) is 5.32 Å². The molecule has 4 aromatic carbocycles. The number of carboxylic acids is 1. The van der Waals surface area contributed by atoms with Crippen molar-refractivity contribution in [3.05, 3.63) is 106 Å². The molecule has 4 rings (SSSR count). The van der Waals surface area contributed by atoms with Gasteiger partial charge in [-0.15, -0.1) is 0 Å². The number of carbonyl (C=O) groups is 1. The molecule has 156 valence electrons. The molecule has 4 aromatic rings. The van der Waals surface area contributed by atoms with Crippen LogP contribution >= 0.6 is 11.6 Å². The molecule has 0 fully saturated rings. The second-order valence-corrected chi connectivity index (χ2v) is 7.74. The largest absolute Gasteiger partial charge is 0.489 e. The first-order chi connectivity index (χ1) is 15.0. The van der Waals surface area contributed by atoms with Gasteiger partial charge in [-0.3, -0.25) is 0 Å². The SMILES string of the molecule is Cc1ccccc1COc1ccc2ccccc2c1CNc1ccc(Cl)c(C(=O)O)c1. The summed E-state index contributed by atoms with van der Waals surface area (Å²) in [6, 6.07) is 25.2. The summed E-state index contributed by atoms with van der Waals surface area (Å²) in [6.45, 7) is 3.02. The maximum absolute atomic E-state index is 11.4. The first-order valence-corrected chi connectivity index (χ1v) is 10.4. The third-order valence-corrected chi connectivity index (χ3v) is 5.64. The van der Waals surface area contributed by atoms with Gasteiger partial charge in [-0.05, 0) is 53.1 Å². The summed E-state index contributed by atoms with van der Waals surface area (Å²) in [5.74, 6) is -0.261. The zero-order valence-electron chi connectivity index (χ0n) is 17.1. The van der Waals surface area contributed by atoms with Gasteiger partial charge in [0.1, 0.15) is 12.4 Å². The normalized spacial score (nSPS) is 10.8. The number of carboxylic acid groups (broad SMARTS) is 1. The van der Waals surface area contributed by atoms with Crippen LogP contribution in [-0.4, -0.2) is 11.1 Å². The van der Waals surface area contributed by atoms with E-state index in [1.807, 2.05) is 30.3 Å². The molecular weight excluding hydrogens is 410 g/mol. The first kappa shape index (κ1) is 20.8. The number of fused-ring (bicyclic) bond motifs is 1. The van der Waals surface area contributed by atoms with Gasteiger partial charge >= 0.3 is 5.97 Å². The summed E-state index contributed by atoms with van der Waals surface area (Å²) in [5, 5.41) is 15.1. The van der Waals surface area contributed by atoms with Crippen LogP contribution in [0.3, 0.4) is 0 Å². The standard InChI is InChI=1S/C26H22ClNO3/c1-17-6-2-3-8-19(17)16-31-25-13-10-18-7-4-5-9-21(18)23(25)15-28-20-11-12-24(27)22(14-20)26(29)30/h2-14,28H,15-16H2,1H3,(H,29,30). The molecule has 0 unspecified atom stereocenters. The Morgan fingerprint density at radius 1 is 1.00 bits per heavy atom. The van der Waals surface area contributed by atoms with Crippen LogP contribution in [0.5, 0.6) is 5.75 Å². The van der Waals surface area contributed by atoms with Crippen LogP contribution in [-0.2, 0) is 13.2 Å². The lowest BCUT2D eigenvalue weighted by atomic mass is 10.0. The molecule has 5 heteroatoms. The van der Waals surface area contributed by atoms with Crippen LogP contribution in [0.15, 0.2) is 78.9 Å². The van der Waals surface area contributed by atoms with Crippen molar-refractivity contribution in [1.82, 2.24) is 0 Å². The average Bonchev–Trinajstić information content (AvgIpc) is 2.78. The Balaban J connectivity index is 1.63.